The summed E-state index contributed by atoms with van der Waals surface area (Å²) in [6.07, 6.45) is 3.29. The molecular formula is C17H17N3O3. The Morgan fingerprint density at radius 3 is 2.78 bits per heavy atom. The predicted molar refractivity (Wildman–Crippen MR) is 85.6 cm³/mol. The fourth-order valence-corrected chi connectivity index (χ4v) is 3.13. The molecule has 0 bridgehead atoms. The van der Waals surface area contributed by atoms with Crippen LogP contribution in [0.4, 0.5) is 0 Å². The highest BCUT2D eigenvalue weighted by atomic mass is 16.5. The van der Waals surface area contributed by atoms with Crippen LogP contribution in [-0.4, -0.2) is 27.3 Å². The lowest BCUT2D eigenvalue weighted by atomic mass is 9.85. The SMILES string of the molecule is COC(=O)Cn1nc(C2CCC2)n2c(cc3ccccc32)c1=O. The second kappa shape index (κ2) is 5.22. The molecule has 23 heavy (non-hydrogen) atoms. The van der Waals surface area contributed by atoms with Crippen molar-refractivity contribution in [2.24, 2.45) is 0 Å². The van der Waals surface area contributed by atoms with E-state index in [4.69, 9.17) is 0 Å². The van der Waals surface area contributed by atoms with Gasteiger partial charge in [-0.3, -0.25) is 14.0 Å². The fraction of sp³-hybridized carbons (Fsp3) is 0.353. The van der Waals surface area contributed by atoms with Gasteiger partial charge in [0.2, 0.25) is 0 Å². The Morgan fingerprint density at radius 2 is 2.09 bits per heavy atom. The van der Waals surface area contributed by atoms with Crippen LogP contribution in [-0.2, 0) is 16.1 Å². The topological polar surface area (TPSA) is 65.6 Å². The van der Waals surface area contributed by atoms with Crippen LogP contribution >= 0.6 is 0 Å². The molecule has 0 spiro atoms. The average Bonchev–Trinajstić information content (AvgIpc) is 2.89. The van der Waals surface area contributed by atoms with Crippen LogP contribution in [0.1, 0.15) is 31.0 Å². The normalized spacial score (nSPS) is 15.0. The van der Waals surface area contributed by atoms with Gasteiger partial charge in [-0.2, -0.15) is 5.10 Å². The number of carbonyl (C=O) groups is 1. The summed E-state index contributed by atoms with van der Waals surface area (Å²) in [4.78, 5) is 24.3. The molecular weight excluding hydrogens is 294 g/mol. The number of hydrogen-bond acceptors (Lipinski definition) is 4. The number of carbonyl (C=O) groups excluding carboxylic acids is 1. The highest BCUT2D eigenvalue weighted by Crippen LogP contribution is 2.36. The maximum atomic E-state index is 12.7. The molecule has 0 aliphatic heterocycles. The summed E-state index contributed by atoms with van der Waals surface area (Å²) in [5, 5.41) is 5.50. The van der Waals surface area contributed by atoms with E-state index in [-0.39, 0.29) is 12.1 Å². The molecule has 0 radical (unpaired) electrons. The first kappa shape index (κ1) is 14.0. The molecule has 2 aromatic heterocycles. The van der Waals surface area contributed by atoms with Crippen molar-refractivity contribution in [3.8, 4) is 0 Å². The van der Waals surface area contributed by atoms with E-state index in [1.54, 1.807) is 0 Å². The molecule has 1 aliphatic carbocycles. The molecule has 2 heterocycles. The van der Waals surface area contributed by atoms with Crippen molar-refractivity contribution in [3.63, 3.8) is 0 Å². The van der Waals surface area contributed by atoms with Gasteiger partial charge in [-0.1, -0.05) is 24.6 Å². The van der Waals surface area contributed by atoms with Crippen molar-refractivity contribution in [2.45, 2.75) is 31.7 Å². The summed E-state index contributed by atoms with van der Waals surface area (Å²) in [5.74, 6) is 0.716. The third-order valence-electron chi connectivity index (χ3n) is 4.59. The van der Waals surface area contributed by atoms with Crippen LogP contribution in [0, 0.1) is 0 Å². The second-order valence-electron chi connectivity index (χ2n) is 5.95. The van der Waals surface area contributed by atoms with Crippen LogP contribution in [0.2, 0.25) is 0 Å². The molecule has 0 atom stereocenters. The zero-order valence-electron chi connectivity index (χ0n) is 12.9. The Kier molecular flexibility index (Phi) is 3.18. The number of esters is 1. The molecule has 0 N–H and O–H groups in total. The standard InChI is InChI=1S/C17H17N3O3/c1-23-15(21)10-19-17(22)14-9-12-5-2-3-8-13(12)20(14)16(18-19)11-6-4-7-11/h2-3,5,8-9,11H,4,6-7,10H2,1H3. The molecule has 6 heteroatoms. The van der Waals surface area contributed by atoms with E-state index in [0.29, 0.717) is 11.4 Å². The molecule has 1 saturated carbocycles. The van der Waals surface area contributed by atoms with Gasteiger partial charge in [0.05, 0.1) is 12.6 Å². The average molecular weight is 311 g/mol. The van der Waals surface area contributed by atoms with Crippen molar-refractivity contribution in [1.29, 1.82) is 0 Å². The minimum absolute atomic E-state index is 0.160. The monoisotopic (exact) mass is 311 g/mol. The number of ether oxygens (including phenoxy) is 1. The number of rotatable bonds is 3. The van der Waals surface area contributed by atoms with Gasteiger partial charge >= 0.3 is 5.97 Å². The van der Waals surface area contributed by atoms with Crippen molar-refractivity contribution in [1.82, 2.24) is 14.2 Å². The van der Waals surface area contributed by atoms with Crippen LogP contribution in [0.5, 0.6) is 0 Å². The lowest BCUT2D eigenvalue weighted by Crippen LogP contribution is -2.32. The summed E-state index contributed by atoms with van der Waals surface area (Å²) in [6, 6.07) is 9.76. The number of nitrogens with zero attached hydrogens (tertiary/aromatic N) is 3. The van der Waals surface area contributed by atoms with Crippen LogP contribution in [0.15, 0.2) is 35.1 Å². The van der Waals surface area contributed by atoms with E-state index < -0.39 is 5.97 Å². The summed E-state index contributed by atoms with van der Waals surface area (Å²) in [7, 11) is 1.31. The number of fused-ring (bicyclic) bond motifs is 3. The molecule has 1 aliphatic rings. The molecule has 0 unspecified atom stereocenters. The number of methoxy groups -OCH3 is 1. The first-order valence-corrected chi connectivity index (χ1v) is 7.77. The number of benzene rings is 1. The first-order valence-electron chi connectivity index (χ1n) is 7.77. The molecule has 4 rings (SSSR count). The summed E-state index contributed by atoms with van der Waals surface area (Å²) < 4.78 is 7.86. The number of aromatic nitrogens is 3. The van der Waals surface area contributed by atoms with Crippen molar-refractivity contribution < 1.29 is 9.53 Å². The zero-order chi connectivity index (χ0) is 16.0. The van der Waals surface area contributed by atoms with Crippen LogP contribution in [0.25, 0.3) is 16.4 Å². The molecule has 3 aromatic rings. The maximum absolute atomic E-state index is 12.7. The van der Waals surface area contributed by atoms with Gasteiger partial charge in [0.15, 0.2) is 0 Å². The highest BCUT2D eigenvalue weighted by molar-refractivity contribution is 5.87. The van der Waals surface area contributed by atoms with Crippen molar-refractivity contribution in [2.75, 3.05) is 7.11 Å². The number of para-hydroxylation sites is 1. The summed E-state index contributed by atoms with van der Waals surface area (Å²) in [5.41, 5.74) is 1.28. The van der Waals surface area contributed by atoms with Crippen LogP contribution < -0.4 is 5.56 Å². The smallest absolute Gasteiger partial charge is 0.327 e. The molecule has 6 nitrogen and oxygen atoms in total. The Labute approximate surface area is 132 Å². The minimum Gasteiger partial charge on any atom is -0.468 e. The third kappa shape index (κ3) is 2.13. The van der Waals surface area contributed by atoms with Gasteiger partial charge in [-0.15, -0.1) is 0 Å². The predicted octanol–water partition coefficient (Wildman–Crippen LogP) is 2.09. The number of hydrogen-bond donors (Lipinski definition) is 0. The molecule has 1 aromatic carbocycles. The maximum Gasteiger partial charge on any atom is 0.327 e. The Morgan fingerprint density at radius 1 is 1.30 bits per heavy atom. The van der Waals surface area contributed by atoms with E-state index in [9.17, 15) is 9.59 Å². The van der Waals surface area contributed by atoms with E-state index in [2.05, 4.69) is 9.84 Å². The van der Waals surface area contributed by atoms with Gasteiger partial charge < -0.3 is 4.74 Å². The molecule has 118 valence electrons. The van der Waals surface area contributed by atoms with Crippen molar-refractivity contribution in [3.05, 3.63) is 46.5 Å². The Bertz CT molecular complexity index is 966. The summed E-state index contributed by atoms with van der Waals surface area (Å²) >= 11 is 0. The molecule has 0 saturated heterocycles. The quantitative estimate of drug-likeness (QED) is 0.695. The van der Waals surface area contributed by atoms with E-state index >= 15 is 0 Å². The Balaban J connectivity index is 2.03. The van der Waals surface area contributed by atoms with Gasteiger partial charge in [0, 0.05) is 11.3 Å². The first-order chi connectivity index (χ1) is 11.2. The van der Waals surface area contributed by atoms with Crippen molar-refractivity contribution >= 4 is 22.4 Å². The van der Waals surface area contributed by atoms with E-state index in [0.717, 1.165) is 29.6 Å². The van der Waals surface area contributed by atoms with Gasteiger partial charge in [0.1, 0.15) is 17.9 Å². The van der Waals surface area contributed by atoms with Crippen LogP contribution in [0.3, 0.4) is 0 Å². The third-order valence-corrected chi connectivity index (χ3v) is 4.59. The van der Waals surface area contributed by atoms with E-state index in [1.165, 1.54) is 18.2 Å². The molecule has 1 fully saturated rings. The zero-order valence-corrected chi connectivity index (χ0v) is 12.9. The van der Waals surface area contributed by atoms with Gasteiger partial charge in [-0.05, 0) is 25.0 Å². The summed E-state index contributed by atoms with van der Waals surface area (Å²) in [6.45, 7) is -0.160. The van der Waals surface area contributed by atoms with E-state index in [1.807, 2.05) is 34.7 Å². The highest BCUT2D eigenvalue weighted by Gasteiger charge is 2.26. The second-order valence-corrected chi connectivity index (χ2v) is 5.95. The van der Waals surface area contributed by atoms with Gasteiger partial charge in [-0.25, -0.2) is 4.68 Å². The largest absolute Gasteiger partial charge is 0.468 e. The lowest BCUT2D eigenvalue weighted by Gasteiger charge is -2.26. The van der Waals surface area contributed by atoms with Gasteiger partial charge in [0.25, 0.3) is 5.56 Å². The minimum atomic E-state index is -0.473. The molecule has 0 amide bonds. The Hall–Kier alpha value is -2.63. The lowest BCUT2D eigenvalue weighted by molar-refractivity contribution is -0.141. The fourth-order valence-electron chi connectivity index (χ4n) is 3.13.